The Balaban J connectivity index is 1.80. The fourth-order valence-electron chi connectivity index (χ4n) is 4.47. The van der Waals surface area contributed by atoms with Gasteiger partial charge >= 0.3 is 0 Å². The van der Waals surface area contributed by atoms with Gasteiger partial charge in [0.1, 0.15) is 23.3 Å². The number of nitrogens with zero attached hydrogens (tertiary/aromatic N) is 1. The van der Waals surface area contributed by atoms with Gasteiger partial charge in [-0.05, 0) is 69.5 Å². The Bertz CT molecular complexity index is 983. The van der Waals surface area contributed by atoms with Gasteiger partial charge in [-0.2, -0.15) is 0 Å². The lowest BCUT2D eigenvalue weighted by atomic mass is 9.98. The van der Waals surface area contributed by atoms with Gasteiger partial charge in [-0.1, -0.05) is 12.8 Å². The van der Waals surface area contributed by atoms with Crippen LogP contribution in [-0.4, -0.2) is 33.8 Å². The maximum Gasteiger partial charge on any atom is 0.296 e. The molecule has 1 aromatic heterocycles. The van der Waals surface area contributed by atoms with E-state index in [0.29, 0.717) is 11.3 Å². The van der Waals surface area contributed by atoms with Gasteiger partial charge in [-0.15, -0.1) is 0 Å². The van der Waals surface area contributed by atoms with E-state index in [1.165, 1.54) is 6.26 Å². The molecule has 1 atom stereocenters. The van der Waals surface area contributed by atoms with E-state index in [2.05, 4.69) is 0 Å². The van der Waals surface area contributed by atoms with E-state index in [1.54, 1.807) is 35.2 Å². The lowest BCUT2D eigenvalue weighted by molar-refractivity contribution is -0.141. The smallest absolute Gasteiger partial charge is 0.296 e. The molecule has 1 aliphatic carbocycles. The first-order valence-electron chi connectivity index (χ1n) is 10.5. The molecule has 6 heteroatoms. The summed E-state index contributed by atoms with van der Waals surface area (Å²) in [6, 6.07) is 8.00. The van der Waals surface area contributed by atoms with Gasteiger partial charge in [0.15, 0.2) is 0 Å². The maximum atomic E-state index is 13.0. The van der Waals surface area contributed by atoms with Crippen molar-refractivity contribution in [3.05, 3.63) is 59.1 Å². The van der Waals surface area contributed by atoms with Crippen molar-refractivity contribution in [1.82, 2.24) is 4.90 Å². The van der Waals surface area contributed by atoms with Crippen molar-refractivity contribution >= 4 is 17.4 Å². The molecule has 2 fully saturated rings. The van der Waals surface area contributed by atoms with Crippen molar-refractivity contribution in [2.45, 2.75) is 64.6 Å². The molecule has 0 radical (unpaired) electrons. The minimum Gasteiger partial charge on any atom is -0.507 e. The summed E-state index contributed by atoms with van der Waals surface area (Å²) in [6.45, 7) is 5.78. The lowest BCUT2D eigenvalue weighted by Gasteiger charge is -2.29. The number of carbonyl (C=O) groups excluding carboxylic acids is 2. The molecule has 6 nitrogen and oxygen atoms in total. The van der Waals surface area contributed by atoms with Crippen LogP contribution in [0.25, 0.3) is 5.76 Å². The molecule has 2 aliphatic rings. The van der Waals surface area contributed by atoms with E-state index in [9.17, 15) is 14.7 Å². The molecule has 1 N–H and O–H groups in total. The Labute approximate surface area is 176 Å². The van der Waals surface area contributed by atoms with E-state index in [1.807, 2.05) is 20.8 Å². The third-order valence-electron chi connectivity index (χ3n) is 5.82. The molecule has 1 aromatic carbocycles. The lowest BCUT2D eigenvalue weighted by Crippen LogP contribution is -2.37. The van der Waals surface area contributed by atoms with Crippen molar-refractivity contribution in [3.8, 4) is 5.75 Å². The zero-order valence-corrected chi connectivity index (χ0v) is 17.6. The zero-order valence-electron chi connectivity index (χ0n) is 17.6. The Morgan fingerprint density at radius 3 is 2.53 bits per heavy atom. The summed E-state index contributed by atoms with van der Waals surface area (Å²) in [5.41, 5.74) is 1.40. The number of aliphatic hydroxyl groups excluding tert-OH is 1. The molecule has 0 spiro atoms. The quantitative estimate of drug-likeness (QED) is 0.438. The SMILES string of the molecule is Cc1cc(/C(O)=C2/C(=O)C(=O)N(C3CCCC3)C2c2ccco2)ccc1OC(C)C. The van der Waals surface area contributed by atoms with Crippen LogP contribution in [0.3, 0.4) is 0 Å². The number of Topliss-reactive ketones (excluding diaryl/α,β-unsaturated/α-hetero) is 1. The summed E-state index contributed by atoms with van der Waals surface area (Å²) in [4.78, 5) is 27.6. The monoisotopic (exact) mass is 409 g/mol. The highest BCUT2D eigenvalue weighted by Gasteiger charge is 2.50. The number of aryl methyl sites for hydroxylation is 1. The number of benzene rings is 1. The summed E-state index contributed by atoms with van der Waals surface area (Å²) >= 11 is 0. The standard InChI is InChI=1S/C24H27NO5/c1-14(2)30-18-11-10-16(13-15(18)3)22(26)20-21(19-9-6-12-29-19)25(24(28)23(20)27)17-7-4-5-8-17/h6,9-14,17,21,26H,4-5,7-8H2,1-3H3/b22-20-. The molecule has 1 saturated carbocycles. The van der Waals surface area contributed by atoms with Gasteiger partial charge in [-0.3, -0.25) is 9.59 Å². The molecule has 1 saturated heterocycles. The van der Waals surface area contributed by atoms with Gasteiger partial charge in [0.25, 0.3) is 11.7 Å². The van der Waals surface area contributed by atoms with Crippen LogP contribution in [0, 0.1) is 6.92 Å². The van der Waals surface area contributed by atoms with E-state index >= 15 is 0 Å². The molecular weight excluding hydrogens is 382 g/mol. The molecule has 158 valence electrons. The van der Waals surface area contributed by atoms with Crippen molar-refractivity contribution < 1.29 is 23.8 Å². The molecule has 1 amide bonds. The highest BCUT2D eigenvalue weighted by Crippen LogP contribution is 2.43. The average Bonchev–Trinajstić information content (AvgIpc) is 3.45. The van der Waals surface area contributed by atoms with E-state index in [4.69, 9.17) is 9.15 Å². The van der Waals surface area contributed by atoms with E-state index in [-0.39, 0.29) is 23.5 Å². The molecule has 0 bridgehead atoms. The Morgan fingerprint density at radius 1 is 1.20 bits per heavy atom. The van der Waals surface area contributed by atoms with E-state index in [0.717, 1.165) is 37.0 Å². The molecule has 2 aromatic rings. The zero-order chi connectivity index (χ0) is 21.4. The summed E-state index contributed by atoms with van der Waals surface area (Å²) in [7, 11) is 0. The number of hydrogen-bond donors (Lipinski definition) is 1. The summed E-state index contributed by atoms with van der Waals surface area (Å²) < 4.78 is 11.4. The van der Waals surface area contributed by atoms with Gasteiger partial charge in [0.05, 0.1) is 17.9 Å². The number of likely N-dealkylation sites (tertiary alicyclic amines) is 1. The number of furan rings is 1. The number of ketones is 1. The molecule has 30 heavy (non-hydrogen) atoms. The minimum atomic E-state index is -0.713. The first-order chi connectivity index (χ1) is 14.4. The first-order valence-corrected chi connectivity index (χ1v) is 10.5. The van der Waals surface area contributed by atoms with Crippen LogP contribution in [0.5, 0.6) is 5.75 Å². The van der Waals surface area contributed by atoms with Crippen molar-refractivity contribution in [3.63, 3.8) is 0 Å². The predicted molar refractivity (Wildman–Crippen MR) is 112 cm³/mol. The Kier molecular flexibility index (Phi) is 5.41. The summed E-state index contributed by atoms with van der Waals surface area (Å²) in [6.07, 6.45) is 5.30. The van der Waals surface area contributed by atoms with Gasteiger partial charge in [-0.25, -0.2) is 0 Å². The molecule has 4 rings (SSSR count). The fraction of sp³-hybridized carbons (Fsp3) is 0.417. The van der Waals surface area contributed by atoms with Crippen LogP contribution >= 0.6 is 0 Å². The topological polar surface area (TPSA) is 80.0 Å². The number of ether oxygens (including phenoxy) is 1. The summed E-state index contributed by atoms with van der Waals surface area (Å²) in [5.74, 6) is -0.216. The number of aliphatic hydroxyl groups is 1. The molecule has 1 unspecified atom stereocenters. The molecular formula is C24H27NO5. The van der Waals surface area contributed by atoms with Crippen LogP contribution in [0.4, 0.5) is 0 Å². The van der Waals surface area contributed by atoms with Crippen LogP contribution in [0.15, 0.2) is 46.6 Å². The second kappa shape index (κ2) is 8.01. The fourth-order valence-corrected chi connectivity index (χ4v) is 4.47. The summed E-state index contributed by atoms with van der Waals surface area (Å²) in [5, 5.41) is 11.1. The predicted octanol–water partition coefficient (Wildman–Crippen LogP) is 4.74. The van der Waals surface area contributed by atoms with Gasteiger partial charge < -0.3 is 19.2 Å². The molecule has 2 heterocycles. The highest BCUT2D eigenvalue weighted by molar-refractivity contribution is 6.46. The van der Waals surface area contributed by atoms with Crippen LogP contribution in [0.1, 0.15) is 62.5 Å². The average molecular weight is 409 g/mol. The minimum absolute atomic E-state index is 0.0228. The van der Waals surface area contributed by atoms with Crippen LogP contribution in [0.2, 0.25) is 0 Å². The number of carbonyl (C=O) groups is 2. The first kappa shape index (κ1) is 20.3. The third kappa shape index (κ3) is 3.51. The number of rotatable bonds is 5. The second-order valence-corrected chi connectivity index (χ2v) is 8.31. The Morgan fingerprint density at radius 2 is 1.93 bits per heavy atom. The largest absolute Gasteiger partial charge is 0.507 e. The normalized spacial score (nSPS) is 21.7. The maximum absolute atomic E-state index is 13.0. The van der Waals surface area contributed by atoms with Crippen molar-refractivity contribution in [2.75, 3.05) is 0 Å². The number of hydrogen-bond acceptors (Lipinski definition) is 5. The van der Waals surface area contributed by atoms with Gasteiger partial charge in [0.2, 0.25) is 0 Å². The van der Waals surface area contributed by atoms with E-state index < -0.39 is 17.7 Å². The van der Waals surface area contributed by atoms with Crippen LogP contribution in [-0.2, 0) is 9.59 Å². The molecule has 1 aliphatic heterocycles. The van der Waals surface area contributed by atoms with Crippen LogP contribution < -0.4 is 4.74 Å². The highest BCUT2D eigenvalue weighted by atomic mass is 16.5. The number of amides is 1. The second-order valence-electron chi connectivity index (χ2n) is 8.31. The van der Waals surface area contributed by atoms with Crippen molar-refractivity contribution in [2.24, 2.45) is 0 Å². The van der Waals surface area contributed by atoms with Crippen molar-refractivity contribution in [1.29, 1.82) is 0 Å². The Hall–Kier alpha value is -3.02. The third-order valence-corrected chi connectivity index (χ3v) is 5.82. The van der Waals surface area contributed by atoms with Gasteiger partial charge in [0, 0.05) is 11.6 Å².